The topological polar surface area (TPSA) is 56.1 Å². The van der Waals surface area contributed by atoms with Gasteiger partial charge >= 0.3 is 0 Å². The number of ether oxygens (including phenoxy) is 2. The van der Waals surface area contributed by atoms with Gasteiger partial charge < -0.3 is 18.8 Å². The van der Waals surface area contributed by atoms with Crippen molar-refractivity contribution in [3.05, 3.63) is 66.2 Å². The van der Waals surface area contributed by atoms with Crippen molar-refractivity contribution in [2.24, 2.45) is 5.92 Å². The van der Waals surface area contributed by atoms with Crippen LogP contribution in [0.4, 0.5) is 0 Å². The summed E-state index contributed by atoms with van der Waals surface area (Å²) in [5, 5.41) is 0. The number of carbonyl (C=O) groups is 1. The number of rotatable bonds is 5. The second-order valence-electron chi connectivity index (χ2n) is 9.09. The van der Waals surface area contributed by atoms with Crippen molar-refractivity contribution in [1.29, 1.82) is 0 Å². The summed E-state index contributed by atoms with van der Waals surface area (Å²) < 4.78 is 13.4. The highest BCUT2D eigenvalue weighted by atomic mass is 16.5. The number of carbonyl (C=O) groups excluding carboxylic acids is 1. The summed E-state index contributed by atoms with van der Waals surface area (Å²) in [4.78, 5) is 20.7. The van der Waals surface area contributed by atoms with E-state index in [0.717, 1.165) is 54.6 Å². The van der Waals surface area contributed by atoms with Gasteiger partial charge in [-0.3, -0.25) is 9.78 Å². The van der Waals surface area contributed by atoms with Crippen molar-refractivity contribution in [2.75, 3.05) is 33.4 Å². The number of aromatic nitrogens is 2. The number of hydrogen-bond acceptors (Lipinski definition) is 4. The predicted octanol–water partition coefficient (Wildman–Crippen LogP) is 3.87. The minimum absolute atomic E-state index is 0.226. The van der Waals surface area contributed by atoms with Crippen LogP contribution in [-0.2, 0) is 21.4 Å². The van der Waals surface area contributed by atoms with E-state index in [-0.39, 0.29) is 11.8 Å². The number of fused-ring (bicyclic) bond motifs is 1. The lowest BCUT2D eigenvalue weighted by molar-refractivity contribution is -0.137. The molecule has 1 saturated heterocycles. The van der Waals surface area contributed by atoms with Crippen LogP contribution in [0.2, 0.25) is 0 Å². The average molecular weight is 434 g/mol. The molecule has 1 aliphatic heterocycles. The smallest absolute Gasteiger partial charge is 0.233 e. The van der Waals surface area contributed by atoms with E-state index in [1.54, 1.807) is 7.11 Å². The molecule has 2 fully saturated rings. The van der Waals surface area contributed by atoms with Crippen LogP contribution in [0.1, 0.15) is 36.9 Å². The molecule has 0 N–H and O–H groups in total. The van der Waals surface area contributed by atoms with Crippen molar-refractivity contribution >= 4 is 11.4 Å². The Balaban J connectivity index is 1.38. The van der Waals surface area contributed by atoms with Gasteiger partial charge in [0.1, 0.15) is 5.75 Å². The molecule has 1 amide bonds. The number of methoxy groups -OCH3 is 1. The van der Waals surface area contributed by atoms with Crippen LogP contribution in [0.3, 0.4) is 0 Å². The molecule has 1 atom stereocenters. The zero-order chi connectivity index (χ0) is 22.0. The quantitative estimate of drug-likeness (QED) is 0.613. The summed E-state index contributed by atoms with van der Waals surface area (Å²) in [6.45, 7) is 2.60. The molecule has 5 rings (SSSR count). The fraction of sp³-hybridized carbons (Fsp3) is 0.462. The molecule has 6 nitrogen and oxygen atoms in total. The zero-order valence-electron chi connectivity index (χ0n) is 18.7. The Labute approximate surface area is 189 Å². The van der Waals surface area contributed by atoms with E-state index in [9.17, 15) is 4.79 Å². The minimum Gasteiger partial charge on any atom is -0.497 e. The molecule has 2 aliphatic rings. The third-order valence-electron chi connectivity index (χ3n) is 7.15. The summed E-state index contributed by atoms with van der Waals surface area (Å²) in [7, 11) is 1.67. The molecule has 1 saturated carbocycles. The monoisotopic (exact) mass is 433 g/mol. The lowest BCUT2D eigenvalue weighted by Crippen LogP contribution is -2.47. The number of nitrogens with zero attached hydrogens (tertiary/aromatic N) is 3. The molecule has 2 aromatic heterocycles. The van der Waals surface area contributed by atoms with E-state index < -0.39 is 5.41 Å². The molecule has 0 radical (unpaired) electrons. The van der Waals surface area contributed by atoms with Crippen LogP contribution in [0.5, 0.6) is 5.75 Å². The van der Waals surface area contributed by atoms with Gasteiger partial charge in [-0.25, -0.2) is 0 Å². The van der Waals surface area contributed by atoms with Crippen LogP contribution in [-0.4, -0.2) is 53.6 Å². The summed E-state index contributed by atoms with van der Waals surface area (Å²) in [5.74, 6) is 1.30. The van der Waals surface area contributed by atoms with Crippen LogP contribution in [0, 0.1) is 5.92 Å². The maximum atomic E-state index is 14.0. The highest BCUT2D eigenvalue weighted by Crippen LogP contribution is 2.43. The molecule has 3 heterocycles. The third-order valence-corrected chi connectivity index (χ3v) is 7.15. The summed E-state index contributed by atoms with van der Waals surface area (Å²) in [6.07, 6.45) is 10.6. The van der Waals surface area contributed by atoms with Gasteiger partial charge in [-0.15, -0.1) is 0 Å². The first kappa shape index (κ1) is 21.0. The maximum absolute atomic E-state index is 14.0. The molecule has 32 heavy (non-hydrogen) atoms. The largest absolute Gasteiger partial charge is 0.497 e. The Morgan fingerprint density at radius 3 is 2.78 bits per heavy atom. The Hall–Kier alpha value is -2.86. The van der Waals surface area contributed by atoms with E-state index in [1.807, 2.05) is 36.8 Å². The van der Waals surface area contributed by atoms with Crippen molar-refractivity contribution in [3.63, 3.8) is 0 Å². The number of amides is 1. The van der Waals surface area contributed by atoms with Crippen LogP contribution >= 0.6 is 0 Å². The Morgan fingerprint density at radius 2 is 2.00 bits per heavy atom. The third kappa shape index (κ3) is 3.88. The van der Waals surface area contributed by atoms with E-state index >= 15 is 0 Å². The number of benzene rings is 1. The first-order chi connectivity index (χ1) is 15.7. The van der Waals surface area contributed by atoms with Gasteiger partial charge in [0, 0.05) is 37.6 Å². The molecular formula is C26H31N3O3. The summed E-state index contributed by atoms with van der Waals surface area (Å²) in [6, 6.07) is 12.2. The fourth-order valence-corrected chi connectivity index (χ4v) is 5.47. The molecule has 1 aliphatic carbocycles. The van der Waals surface area contributed by atoms with Crippen LogP contribution < -0.4 is 4.74 Å². The van der Waals surface area contributed by atoms with Gasteiger partial charge in [-0.05, 0) is 49.1 Å². The molecule has 0 bridgehead atoms. The van der Waals surface area contributed by atoms with Gasteiger partial charge in [-0.1, -0.05) is 25.0 Å². The minimum atomic E-state index is -0.430. The highest BCUT2D eigenvalue weighted by Gasteiger charge is 2.45. The fourth-order valence-electron chi connectivity index (χ4n) is 5.47. The van der Waals surface area contributed by atoms with Gasteiger partial charge in [0.2, 0.25) is 5.91 Å². The maximum Gasteiger partial charge on any atom is 0.233 e. The first-order valence-corrected chi connectivity index (χ1v) is 11.6. The second-order valence-corrected chi connectivity index (χ2v) is 9.09. The molecule has 1 aromatic carbocycles. The van der Waals surface area contributed by atoms with Crippen LogP contribution in [0.25, 0.3) is 5.52 Å². The lowest BCUT2D eigenvalue weighted by Gasteiger charge is -2.35. The number of hydrogen-bond donors (Lipinski definition) is 0. The Bertz CT molecular complexity index is 1070. The molecule has 1 unspecified atom stereocenters. The van der Waals surface area contributed by atoms with Crippen LogP contribution in [0.15, 0.2) is 55.0 Å². The van der Waals surface area contributed by atoms with E-state index in [1.165, 1.54) is 0 Å². The molecular weight excluding hydrogens is 402 g/mol. The predicted molar refractivity (Wildman–Crippen MR) is 123 cm³/mol. The molecule has 6 heteroatoms. The van der Waals surface area contributed by atoms with Gasteiger partial charge in [0.05, 0.1) is 36.9 Å². The molecule has 3 aromatic rings. The van der Waals surface area contributed by atoms with Crippen molar-refractivity contribution in [3.8, 4) is 5.75 Å². The highest BCUT2D eigenvalue weighted by molar-refractivity contribution is 5.88. The van der Waals surface area contributed by atoms with Gasteiger partial charge in [0.15, 0.2) is 0 Å². The van der Waals surface area contributed by atoms with E-state index in [2.05, 4.69) is 32.5 Å². The lowest BCUT2D eigenvalue weighted by atomic mass is 9.77. The Kier molecular flexibility index (Phi) is 5.87. The van der Waals surface area contributed by atoms with Crippen molar-refractivity contribution < 1.29 is 14.3 Å². The second kappa shape index (κ2) is 8.94. The molecule has 168 valence electrons. The standard InChI is InChI=1S/C26H31N3O3/c1-31-22-8-6-21(7-9-22)26(10-2-3-11-26)25(30)29-15-16-32-19-20(18-29)17-23-24-5-4-13-28(24)14-12-27-23/h4-9,12-14,20H,2-3,10-11,15-19H2,1H3. The average Bonchev–Trinajstić information content (AvgIpc) is 3.46. The van der Waals surface area contributed by atoms with E-state index in [0.29, 0.717) is 26.3 Å². The summed E-state index contributed by atoms with van der Waals surface area (Å²) >= 11 is 0. The van der Waals surface area contributed by atoms with Crippen molar-refractivity contribution in [2.45, 2.75) is 37.5 Å². The Morgan fingerprint density at radius 1 is 1.19 bits per heavy atom. The van der Waals surface area contributed by atoms with E-state index in [4.69, 9.17) is 9.47 Å². The van der Waals surface area contributed by atoms with Crippen molar-refractivity contribution in [1.82, 2.24) is 14.3 Å². The van der Waals surface area contributed by atoms with Gasteiger partial charge in [-0.2, -0.15) is 0 Å². The SMILES string of the molecule is COc1ccc(C2(C(=O)N3CCOCC(Cc4nccn5cccc45)C3)CCCC2)cc1. The molecule has 0 spiro atoms. The van der Waals surface area contributed by atoms with Gasteiger partial charge in [0.25, 0.3) is 0 Å². The zero-order valence-corrected chi connectivity index (χ0v) is 18.7. The first-order valence-electron chi connectivity index (χ1n) is 11.6. The normalized spacial score (nSPS) is 20.9. The summed E-state index contributed by atoms with van der Waals surface area (Å²) in [5.41, 5.74) is 2.87.